The summed E-state index contributed by atoms with van der Waals surface area (Å²) in [6.45, 7) is 3.10. The molecule has 25 heavy (non-hydrogen) atoms. The van der Waals surface area contributed by atoms with Crippen molar-refractivity contribution in [1.29, 1.82) is 0 Å². The van der Waals surface area contributed by atoms with Gasteiger partial charge in [-0.15, -0.1) is 0 Å². The highest BCUT2D eigenvalue weighted by atomic mass is 32.1. The molecule has 0 aromatic carbocycles. The average molecular weight is 352 g/mol. The molecule has 3 aromatic rings. The van der Waals surface area contributed by atoms with Gasteiger partial charge in [-0.3, -0.25) is 14.7 Å². The number of pyridine rings is 1. The van der Waals surface area contributed by atoms with Crippen LogP contribution < -0.4 is 5.56 Å². The first-order chi connectivity index (χ1) is 12.3. The third-order valence-electron chi connectivity index (χ3n) is 4.71. The Labute approximate surface area is 150 Å². The Bertz CT molecular complexity index is 868. The van der Waals surface area contributed by atoms with E-state index < -0.39 is 0 Å². The van der Waals surface area contributed by atoms with Crippen LogP contribution >= 0.6 is 11.3 Å². The first kappa shape index (κ1) is 16.2. The summed E-state index contributed by atoms with van der Waals surface area (Å²) in [5.74, 6) is 0.979. The van der Waals surface area contributed by atoms with Crippen LogP contribution in [0.2, 0.25) is 0 Å². The van der Waals surface area contributed by atoms with E-state index >= 15 is 0 Å². The van der Waals surface area contributed by atoms with Crippen molar-refractivity contribution in [2.75, 3.05) is 13.1 Å². The largest absolute Gasteiger partial charge is 0.307 e. The van der Waals surface area contributed by atoms with Crippen molar-refractivity contribution in [3.63, 3.8) is 0 Å². The molecule has 0 bridgehead atoms. The van der Waals surface area contributed by atoms with Crippen LogP contribution in [0.1, 0.15) is 30.0 Å². The van der Waals surface area contributed by atoms with Gasteiger partial charge in [-0.05, 0) is 60.5 Å². The molecular weight excluding hydrogens is 332 g/mol. The number of aromatic nitrogens is 3. The molecule has 5 nitrogen and oxygen atoms in total. The van der Waals surface area contributed by atoms with Crippen LogP contribution in [0, 0.1) is 0 Å². The number of aromatic amines is 1. The maximum absolute atomic E-state index is 12.1. The molecular formula is C19H20N4OS. The molecule has 0 aliphatic carbocycles. The van der Waals surface area contributed by atoms with Gasteiger partial charge < -0.3 is 4.98 Å². The van der Waals surface area contributed by atoms with Crippen LogP contribution in [0.15, 0.2) is 52.2 Å². The number of hydrogen-bond acceptors (Lipinski definition) is 5. The maximum atomic E-state index is 12.1. The molecule has 1 aliphatic heterocycles. The summed E-state index contributed by atoms with van der Waals surface area (Å²) >= 11 is 1.75. The fourth-order valence-electron chi connectivity index (χ4n) is 3.36. The van der Waals surface area contributed by atoms with Gasteiger partial charge in [0.15, 0.2) is 0 Å². The van der Waals surface area contributed by atoms with Crippen molar-refractivity contribution in [2.24, 2.45) is 0 Å². The van der Waals surface area contributed by atoms with Crippen molar-refractivity contribution in [2.45, 2.75) is 25.3 Å². The highest BCUT2D eigenvalue weighted by Gasteiger charge is 2.22. The normalized spacial score (nSPS) is 16.2. The Morgan fingerprint density at radius 1 is 1.20 bits per heavy atom. The summed E-state index contributed by atoms with van der Waals surface area (Å²) in [6.07, 6.45) is 5.50. The van der Waals surface area contributed by atoms with E-state index in [1.54, 1.807) is 29.8 Å². The van der Waals surface area contributed by atoms with Gasteiger partial charge in [-0.25, -0.2) is 4.98 Å². The van der Waals surface area contributed by atoms with E-state index in [1.807, 2.05) is 12.1 Å². The predicted octanol–water partition coefficient (Wildman–Crippen LogP) is 3.27. The third-order valence-corrected chi connectivity index (χ3v) is 5.44. The molecule has 4 heterocycles. The van der Waals surface area contributed by atoms with E-state index in [-0.39, 0.29) is 5.56 Å². The minimum Gasteiger partial charge on any atom is -0.307 e. The van der Waals surface area contributed by atoms with Crippen LogP contribution in [0.3, 0.4) is 0 Å². The number of nitrogens with one attached hydrogen (secondary N) is 1. The van der Waals surface area contributed by atoms with Crippen molar-refractivity contribution >= 4 is 11.3 Å². The second-order valence-electron chi connectivity index (χ2n) is 6.44. The van der Waals surface area contributed by atoms with Gasteiger partial charge in [0, 0.05) is 36.5 Å². The monoisotopic (exact) mass is 352 g/mol. The number of rotatable bonds is 4. The van der Waals surface area contributed by atoms with E-state index in [9.17, 15) is 4.79 Å². The molecule has 4 rings (SSSR count). The lowest BCUT2D eigenvalue weighted by atomic mass is 9.93. The van der Waals surface area contributed by atoms with Gasteiger partial charge in [0.1, 0.15) is 5.82 Å². The van der Waals surface area contributed by atoms with Crippen molar-refractivity contribution in [1.82, 2.24) is 19.9 Å². The fourth-order valence-corrected chi connectivity index (χ4v) is 4.02. The quantitative estimate of drug-likeness (QED) is 0.783. The standard InChI is InChI=1S/C19H20N4OS/c24-18-11-17(21-19(22-18)16-1-6-20-7-2-16)15-3-8-23(9-4-15)12-14-5-10-25-13-14/h1-2,5-7,10-11,13,15H,3-4,8-9,12H2,(H,21,22,24). The highest BCUT2D eigenvalue weighted by Crippen LogP contribution is 2.28. The molecule has 6 heteroatoms. The second-order valence-corrected chi connectivity index (χ2v) is 7.22. The summed E-state index contributed by atoms with van der Waals surface area (Å²) in [4.78, 5) is 26.1. The molecule has 0 radical (unpaired) electrons. The van der Waals surface area contributed by atoms with Crippen LogP contribution in [-0.2, 0) is 6.54 Å². The number of thiophene rings is 1. The first-order valence-electron chi connectivity index (χ1n) is 8.53. The molecule has 0 unspecified atom stereocenters. The summed E-state index contributed by atoms with van der Waals surface area (Å²) in [5.41, 5.74) is 3.10. The molecule has 1 saturated heterocycles. The minimum absolute atomic E-state index is 0.0856. The summed E-state index contributed by atoms with van der Waals surface area (Å²) in [6, 6.07) is 7.58. The Morgan fingerprint density at radius 3 is 2.72 bits per heavy atom. The molecule has 0 atom stereocenters. The van der Waals surface area contributed by atoms with Crippen LogP contribution in [-0.4, -0.2) is 32.9 Å². The molecule has 128 valence electrons. The molecule has 0 spiro atoms. The van der Waals surface area contributed by atoms with E-state index in [2.05, 4.69) is 31.7 Å². The lowest BCUT2D eigenvalue weighted by Crippen LogP contribution is -2.33. The van der Waals surface area contributed by atoms with Crippen LogP contribution in [0.5, 0.6) is 0 Å². The lowest BCUT2D eigenvalue weighted by molar-refractivity contribution is 0.203. The van der Waals surface area contributed by atoms with E-state index in [1.165, 1.54) is 5.56 Å². The van der Waals surface area contributed by atoms with E-state index in [0.29, 0.717) is 11.7 Å². The zero-order chi connectivity index (χ0) is 17.1. The SMILES string of the molecule is O=c1cc(C2CCN(Cc3ccsc3)CC2)nc(-c2ccncc2)[nH]1. The predicted molar refractivity (Wildman–Crippen MR) is 99.7 cm³/mol. The molecule has 0 saturated carbocycles. The molecule has 1 fully saturated rings. The number of piperidine rings is 1. The van der Waals surface area contributed by atoms with Gasteiger partial charge >= 0.3 is 0 Å². The topological polar surface area (TPSA) is 61.9 Å². The minimum atomic E-state index is -0.0856. The zero-order valence-corrected chi connectivity index (χ0v) is 14.7. The van der Waals surface area contributed by atoms with Gasteiger partial charge in [-0.2, -0.15) is 11.3 Å². The fraction of sp³-hybridized carbons (Fsp3) is 0.316. The number of H-pyrrole nitrogens is 1. The first-order valence-corrected chi connectivity index (χ1v) is 9.47. The van der Waals surface area contributed by atoms with Gasteiger partial charge in [-0.1, -0.05) is 0 Å². The average Bonchev–Trinajstić information content (AvgIpc) is 3.16. The summed E-state index contributed by atoms with van der Waals surface area (Å²) in [7, 11) is 0. The van der Waals surface area contributed by atoms with Crippen molar-refractivity contribution in [3.05, 3.63) is 69.0 Å². The molecule has 1 aliphatic rings. The number of nitrogens with zero attached hydrogens (tertiary/aromatic N) is 3. The van der Waals surface area contributed by atoms with Crippen molar-refractivity contribution < 1.29 is 0 Å². The van der Waals surface area contributed by atoms with Crippen LogP contribution in [0.4, 0.5) is 0 Å². The third kappa shape index (κ3) is 3.86. The van der Waals surface area contributed by atoms with Gasteiger partial charge in [0.25, 0.3) is 5.56 Å². The Balaban J connectivity index is 1.48. The zero-order valence-electron chi connectivity index (χ0n) is 13.9. The van der Waals surface area contributed by atoms with Crippen LogP contribution in [0.25, 0.3) is 11.4 Å². The Hall–Kier alpha value is -2.31. The lowest BCUT2D eigenvalue weighted by Gasteiger charge is -2.31. The Morgan fingerprint density at radius 2 is 2.00 bits per heavy atom. The molecule has 1 N–H and O–H groups in total. The summed E-state index contributed by atoms with van der Waals surface area (Å²) in [5, 5.41) is 4.34. The number of hydrogen-bond donors (Lipinski definition) is 1. The highest BCUT2D eigenvalue weighted by molar-refractivity contribution is 7.07. The Kier molecular flexibility index (Phi) is 4.72. The van der Waals surface area contributed by atoms with E-state index in [0.717, 1.165) is 43.7 Å². The smallest absolute Gasteiger partial charge is 0.251 e. The van der Waals surface area contributed by atoms with Crippen molar-refractivity contribution in [3.8, 4) is 11.4 Å². The summed E-state index contributed by atoms with van der Waals surface area (Å²) < 4.78 is 0. The number of likely N-dealkylation sites (tertiary alicyclic amines) is 1. The molecule has 0 amide bonds. The van der Waals surface area contributed by atoms with Gasteiger partial charge in [0.05, 0.1) is 5.69 Å². The molecule has 3 aromatic heterocycles. The maximum Gasteiger partial charge on any atom is 0.251 e. The van der Waals surface area contributed by atoms with E-state index in [4.69, 9.17) is 4.98 Å². The van der Waals surface area contributed by atoms with Gasteiger partial charge in [0.2, 0.25) is 0 Å². The second kappa shape index (κ2) is 7.29.